The van der Waals surface area contributed by atoms with Gasteiger partial charge in [-0.2, -0.15) is 0 Å². The second-order valence-electron chi connectivity index (χ2n) is 4.45. The Labute approximate surface area is 117 Å². The molecule has 0 amide bonds. The van der Waals surface area contributed by atoms with Gasteiger partial charge in [-0.15, -0.1) is 11.3 Å². The van der Waals surface area contributed by atoms with Gasteiger partial charge in [-0.25, -0.2) is 13.2 Å². The monoisotopic (exact) mass is 293 g/mol. The van der Waals surface area contributed by atoms with Gasteiger partial charge >= 0.3 is 0 Å². The highest BCUT2D eigenvalue weighted by atomic mass is 32.1. The molecule has 0 spiro atoms. The van der Waals surface area contributed by atoms with Crippen molar-refractivity contribution >= 4 is 21.4 Å². The third kappa shape index (κ3) is 2.19. The SMILES string of the molecule is NC(c1cc2ccccc2s1)c1cc(F)c(F)cc1F. The van der Waals surface area contributed by atoms with Crippen LogP contribution in [0.2, 0.25) is 0 Å². The first-order chi connectivity index (χ1) is 9.56. The van der Waals surface area contributed by atoms with Crippen LogP contribution in [0.3, 0.4) is 0 Å². The van der Waals surface area contributed by atoms with Gasteiger partial charge in [-0.05, 0) is 23.6 Å². The Morgan fingerprint density at radius 3 is 2.35 bits per heavy atom. The molecule has 0 aliphatic rings. The topological polar surface area (TPSA) is 26.0 Å². The lowest BCUT2D eigenvalue weighted by Crippen LogP contribution is -2.13. The van der Waals surface area contributed by atoms with Crippen molar-refractivity contribution in [1.29, 1.82) is 0 Å². The van der Waals surface area contributed by atoms with Gasteiger partial charge in [0, 0.05) is 21.2 Å². The van der Waals surface area contributed by atoms with E-state index < -0.39 is 23.5 Å². The van der Waals surface area contributed by atoms with Gasteiger partial charge in [-0.1, -0.05) is 18.2 Å². The molecule has 3 aromatic rings. The molecule has 1 heterocycles. The molecule has 0 aliphatic carbocycles. The average Bonchev–Trinajstić information content (AvgIpc) is 2.86. The molecule has 2 aromatic carbocycles. The highest BCUT2D eigenvalue weighted by molar-refractivity contribution is 7.19. The number of fused-ring (bicyclic) bond motifs is 1. The second-order valence-corrected chi connectivity index (χ2v) is 5.57. The molecule has 0 radical (unpaired) electrons. The Balaban J connectivity index is 2.07. The van der Waals surface area contributed by atoms with E-state index in [0.717, 1.165) is 16.2 Å². The number of nitrogens with two attached hydrogens (primary N) is 1. The molecule has 1 atom stereocenters. The fourth-order valence-corrected chi connectivity index (χ4v) is 3.17. The molecule has 0 fully saturated rings. The smallest absolute Gasteiger partial charge is 0.161 e. The predicted molar refractivity (Wildman–Crippen MR) is 74.2 cm³/mol. The first-order valence-corrected chi connectivity index (χ1v) is 6.76. The Kier molecular flexibility index (Phi) is 3.23. The maximum absolute atomic E-state index is 13.7. The molecule has 0 saturated heterocycles. The normalized spacial score (nSPS) is 12.8. The summed E-state index contributed by atoms with van der Waals surface area (Å²) < 4.78 is 40.9. The number of hydrogen-bond donors (Lipinski definition) is 1. The van der Waals surface area contributed by atoms with Crippen molar-refractivity contribution in [2.45, 2.75) is 6.04 Å². The van der Waals surface area contributed by atoms with Crippen LogP contribution in [-0.2, 0) is 0 Å². The van der Waals surface area contributed by atoms with Crippen molar-refractivity contribution in [3.63, 3.8) is 0 Å². The van der Waals surface area contributed by atoms with E-state index in [0.29, 0.717) is 10.9 Å². The fraction of sp³-hybridized carbons (Fsp3) is 0.0667. The summed E-state index contributed by atoms with van der Waals surface area (Å²) in [5, 5.41) is 0.992. The van der Waals surface area contributed by atoms with E-state index in [9.17, 15) is 13.2 Å². The molecular formula is C15H10F3NS. The molecular weight excluding hydrogens is 283 g/mol. The summed E-state index contributed by atoms with van der Waals surface area (Å²) in [5.74, 6) is -3.15. The predicted octanol–water partition coefficient (Wildman–Crippen LogP) is 4.37. The van der Waals surface area contributed by atoms with Crippen LogP contribution in [0.4, 0.5) is 13.2 Å². The third-order valence-electron chi connectivity index (χ3n) is 3.13. The Morgan fingerprint density at radius 2 is 1.60 bits per heavy atom. The van der Waals surface area contributed by atoms with Crippen LogP contribution < -0.4 is 5.73 Å². The number of rotatable bonds is 2. The van der Waals surface area contributed by atoms with Gasteiger partial charge in [0.1, 0.15) is 5.82 Å². The third-order valence-corrected chi connectivity index (χ3v) is 4.32. The van der Waals surface area contributed by atoms with Crippen molar-refractivity contribution in [1.82, 2.24) is 0 Å². The summed E-state index contributed by atoms with van der Waals surface area (Å²) in [6, 6.07) is 10.0. The van der Waals surface area contributed by atoms with Crippen molar-refractivity contribution in [2.75, 3.05) is 0 Å². The van der Waals surface area contributed by atoms with E-state index in [1.807, 2.05) is 30.3 Å². The quantitative estimate of drug-likeness (QED) is 0.698. The van der Waals surface area contributed by atoms with Crippen LogP contribution in [0.15, 0.2) is 42.5 Å². The minimum Gasteiger partial charge on any atom is -0.320 e. The average molecular weight is 293 g/mol. The number of thiophene rings is 1. The maximum atomic E-state index is 13.7. The lowest BCUT2D eigenvalue weighted by atomic mass is 10.0. The van der Waals surface area contributed by atoms with Crippen molar-refractivity contribution in [3.05, 3.63) is 70.4 Å². The summed E-state index contributed by atoms with van der Waals surface area (Å²) in [6.07, 6.45) is 0. The summed E-state index contributed by atoms with van der Waals surface area (Å²) in [5.41, 5.74) is 5.94. The van der Waals surface area contributed by atoms with Gasteiger partial charge in [0.15, 0.2) is 11.6 Å². The van der Waals surface area contributed by atoms with Gasteiger partial charge in [0.05, 0.1) is 6.04 Å². The van der Waals surface area contributed by atoms with Crippen molar-refractivity contribution in [3.8, 4) is 0 Å². The number of halogens is 3. The summed E-state index contributed by atoms with van der Waals surface area (Å²) in [7, 11) is 0. The molecule has 0 bridgehead atoms. The van der Waals surface area contributed by atoms with Gasteiger partial charge in [0.2, 0.25) is 0 Å². The minimum absolute atomic E-state index is 0.0459. The molecule has 3 rings (SSSR count). The van der Waals surface area contributed by atoms with Crippen LogP contribution in [0, 0.1) is 17.5 Å². The molecule has 1 aromatic heterocycles. The van der Waals surface area contributed by atoms with Crippen molar-refractivity contribution < 1.29 is 13.2 Å². The zero-order valence-corrected chi connectivity index (χ0v) is 11.1. The van der Waals surface area contributed by atoms with Crippen molar-refractivity contribution in [2.24, 2.45) is 5.73 Å². The summed E-state index contributed by atoms with van der Waals surface area (Å²) in [6.45, 7) is 0. The van der Waals surface area contributed by atoms with Crippen LogP contribution in [0.25, 0.3) is 10.1 Å². The molecule has 102 valence electrons. The molecule has 1 nitrogen and oxygen atoms in total. The van der Waals surface area contributed by atoms with Gasteiger partial charge in [-0.3, -0.25) is 0 Å². The van der Waals surface area contributed by atoms with Crippen LogP contribution >= 0.6 is 11.3 Å². The standard InChI is InChI=1S/C15H10F3NS/c16-10-7-12(18)11(17)6-9(10)15(19)14-5-8-3-1-2-4-13(8)20-14/h1-7,15H,19H2. The van der Waals surface area contributed by atoms with E-state index in [4.69, 9.17) is 5.73 Å². The fourth-order valence-electron chi connectivity index (χ4n) is 2.09. The summed E-state index contributed by atoms with van der Waals surface area (Å²) in [4.78, 5) is 0.705. The van der Waals surface area contributed by atoms with E-state index in [2.05, 4.69) is 0 Å². The molecule has 1 unspecified atom stereocenters. The van der Waals surface area contributed by atoms with E-state index >= 15 is 0 Å². The Morgan fingerprint density at radius 1 is 0.900 bits per heavy atom. The van der Waals surface area contributed by atoms with Gasteiger partial charge < -0.3 is 5.73 Å². The lowest BCUT2D eigenvalue weighted by molar-refractivity contribution is 0.488. The largest absolute Gasteiger partial charge is 0.320 e. The van der Waals surface area contributed by atoms with Gasteiger partial charge in [0.25, 0.3) is 0 Å². The second kappa shape index (κ2) is 4.92. The first kappa shape index (κ1) is 13.1. The minimum atomic E-state index is -1.21. The molecule has 0 aliphatic heterocycles. The van der Waals surface area contributed by atoms with Crippen LogP contribution in [0.5, 0.6) is 0 Å². The summed E-state index contributed by atoms with van der Waals surface area (Å²) >= 11 is 1.41. The molecule has 20 heavy (non-hydrogen) atoms. The number of hydrogen-bond acceptors (Lipinski definition) is 2. The zero-order valence-electron chi connectivity index (χ0n) is 10.2. The van der Waals surface area contributed by atoms with Crippen LogP contribution in [-0.4, -0.2) is 0 Å². The van der Waals surface area contributed by atoms with E-state index in [1.54, 1.807) is 0 Å². The number of benzene rings is 2. The molecule has 5 heteroatoms. The molecule has 2 N–H and O–H groups in total. The van der Waals surface area contributed by atoms with E-state index in [-0.39, 0.29) is 5.56 Å². The highest BCUT2D eigenvalue weighted by Crippen LogP contribution is 2.33. The van der Waals surface area contributed by atoms with Crippen LogP contribution in [0.1, 0.15) is 16.5 Å². The highest BCUT2D eigenvalue weighted by Gasteiger charge is 2.19. The lowest BCUT2D eigenvalue weighted by Gasteiger charge is -2.11. The Hall–Kier alpha value is -1.85. The maximum Gasteiger partial charge on any atom is 0.161 e. The molecule has 0 saturated carbocycles. The zero-order chi connectivity index (χ0) is 14.3. The first-order valence-electron chi connectivity index (χ1n) is 5.95. The van der Waals surface area contributed by atoms with E-state index in [1.165, 1.54) is 11.3 Å². The Bertz CT molecular complexity index is 749.